The van der Waals surface area contributed by atoms with Gasteiger partial charge in [0.1, 0.15) is 5.82 Å². The van der Waals surface area contributed by atoms with Crippen molar-refractivity contribution in [2.24, 2.45) is 0 Å². The summed E-state index contributed by atoms with van der Waals surface area (Å²) in [5, 5.41) is 19.1. The Labute approximate surface area is 132 Å². The van der Waals surface area contributed by atoms with Gasteiger partial charge in [-0.15, -0.1) is 0 Å². The molecule has 0 saturated carbocycles. The molecule has 1 atom stereocenters. The number of aliphatic carboxylic acids is 1. The van der Waals surface area contributed by atoms with Crippen molar-refractivity contribution in [1.29, 1.82) is 0 Å². The topological polar surface area (TPSA) is 75.4 Å². The third-order valence-corrected chi connectivity index (χ3v) is 3.93. The number of carbonyl (C=O) groups is 1. The van der Waals surface area contributed by atoms with Gasteiger partial charge in [0.05, 0.1) is 33.6 Å². The van der Waals surface area contributed by atoms with E-state index in [1.165, 1.54) is 0 Å². The Kier molecular flexibility index (Phi) is 5.08. The second-order valence-electron chi connectivity index (χ2n) is 4.97. The molecule has 0 aliphatic carbocycles. The lowest BCUT2D eigenvalue weighted by molar-refractivity contribution is -0.137. The largest absolute Gasteiger partial charge is 0.481 e. The van der Waals surface area contributed by atoms with Crippen LogP contribution >= 0.6 is 23.2 Å². The number of aromatic nitrogens is 2. The summed E-state index contributed by atoms with van der Waals surface area (Å²) >= 11 is 12.0. The molecule has 2 N–H and O–H groups in total. The fourth-order valence-electron chi connectivity index (χ4n) is 2.16. The van der Waals surface area contributed by atoms with Gasteiger partial charge in [0.15, 0.2) is 0 Å². The zero-order valence-electron chi connectivity index (χ0n) is 11.5. The van der Waals surface area contributed by atoms with Gasteiger partial charge < -0.3 is 14.8 Å². The van der Waals surface area contributed by atoms with E-state index in [2.05, 4.69) is 4.98 Å². The fourth-order valence-corrected chi connectivity index (χ4v) is 2.47. The molecule has 0 amide bonds. The number of halogens is 2. The second-order valence-corrected chi connectivity index (χ2v) is 5.78. The monoisotopic (exact) mass is 330 g/mol. The van der Waals surface area contributed by atoms with E-state index in [0.717, 1.165) is 11.3 Å². The number of imidazole rings is 1. The molecule has 0 radical (unpaired) electrons. The van der Waals surface area contributed by atoms with Crippen LogP contribution in [0.1, 0.15) is 25.6 Å². The molecule has 0 aliphatic rings. The quantitative estimate of drug-likeness (QED) is 0.853. The molecule has 114 valence electrons. The molecule has 5 nitrogen and oxygen atoms in total. The van der Waals surface area contributed by atoms with Crippen LogP contribution in [0.25, 0.3) is 11.0 Å². The Hall–Kier alpha value is -1.30. The maximum atomic E-state index is 10.8. The van der Waals surface area contributed by atoms with Crippen molar-refractivity contribution in [3.05, 3.63) is 28.0 Å². The smallest absolute Gasteiger partial charge is 0.305 e. The third-order valence-electron chi connectivity index (χ3n) is 3.20. The van der Waals surface area contributed by atoms with Crippen molar-refractivity contribution in [3.8, 4) is 0 Å². The number of aryl methyl sites for hydroxylation is 2. The van der Waals surface area contributed by atoms with Crippen molar-refractivity contribution in [1.82, 2.24) is 9.55 Å². The predicted molar refractivity (Wildman–Crippen MR) is 82.0 cm³/mol. The van der Waals surface area contributed by atoms with Crippen LogP contribution in [-0.2, 0) is 17.8 Å². The van der Waals surface area contributed by atoms with E-state index in [4.69, 9.17) is 28.3 Å². The molecule has 0 bridgehead atoms. The summed E-state index contributed by atoms with van der Waals surface area (Å²) in [5.41, 5.74) is 1.43. The standard InChI is InChI=1S/C14H16Cl2N2O3/c1-8(19)2-3-13-17-11-6-9(15)10(16)7-12(11)18(13)5-4-14(20)21/h6-8,19H,2-5H2,1H3,(H,20,21). The number of hydrogen-bond acceptors (Lipinski definition) is 3. The molecular formula is C14H16Cl2N2O3. The van der Waals surface area contributed by atoms with Crippen LogP contribution in [0.4, 0.5) is 0 Å². The molecule has 1 aromatic heterocycles. The van der Waals surface area contributed by atoms with Crippen LogP contribution in [0.15, 0.2) is 12.1 Å². The Morgan fingerprint density at radius 3 is 2.67 bits per heavy atom. The van der Waals surface area contributed by atoms with Gasteiger partial charge in [-0.25, -0.2) is 4.98 Å². The molecule has 2 rings (SSSR count). The van der Waals surface area contributed by atoms with Crippen molar-refractivity contribution in [3.63, 3.8) is 0 Å². The highest BCUT2D eigenvalue weighted by atomic mass is 35.5. The van der Waals surface area contributed by atoms with E-state index < -0.39 is 12.1 Å². The lowest BCUT2D eigenvalue weighted by Gasteiger charge is -2.09. The molecule has 2 aromatic rings. The fraction of sp³-hybridized carbons (Fsp3) is 0.429. The Balaban J connectivity index is 2.43. The average Bonchev–Trinajstić information content (AvgIpc) is 2.71. The van der Waals surface area contributed by atoms with Gasteiger partial charge in [0.25, 0.3) is 0 Å². The SMILES string of the molecule is CC(O)CCc1nc2cc(Cl)c(Cl)cc2n1CCC(=O)O. The normalized spacial score (nSPS) is 12.8. The number of nitrogens with zero attached hydrogens (tertiary/aromatic N) is 2. The van der Waals surface area contributed by atoms with Gasteiger partial charge in [-0.1, -0.05) is 23.2 Å². The summed E-state index contributed by atoms with van der Waals surface area (Å²) in [5.74, 6) is -0.149. The zero-order chi connectivity index (χ0) is 15.6. The van der Waals surface area contributed by atoms with Crippen LogP contribution in [0.2, 0.25) is 10.0 Å². The lowest BCUT2D eigenvalue weighted by atomic mass is 10.2. The van der Waals surface area contributed by atoms with Crippen LogP contribution in [-0.4, -0.2) is 31.8 Å². The van der Waals surface area contributed by atoms with Gasteiger partial charge in [-0.2, -0.15) is 0 Å². The summed E-state index contributed by atoms with van der Waals surface area (Å²) < 4.78 is 1.83. The van der Waals surface area contributed by atoms with Gasteiger partial charge in [-0.3, -0.25) is 4.79 Å². The first-order chi connectivity index (χ1) is 9.88. The van der Waals surface area contributed by atoms with Crippen molar-refractivity contribution >= 4 is 40.2 Å². The van der Waals surface area contributed by atoms with Gasteiger partial charge in [0.2, 0.25) is 0 Å². The highest BCUT2D eigenvalue weighted by Crippen LogP contribution is 2.29. The number of benzene rings is 1. The van der Waals surface area contributed by atoms with Crippen LogP contribution in [0.3, 0.4) is 0 Å². The molecule has 21 heavy (non-hydrogen) atoms. The highest BCUT2D eigenvalue weighted by Gasteiger charge is 2.14. The van der Waals surface area contributed by atoms with Gasteiger partial charge in [0, 0.05) is 13.0 Å². The summed E-state index contributed by atoms with van der Waals surface area (Å²) in [6.45, 7) is 2.01. The van der Waals surface area contributed by atoms with Crippen molar-refractivity contribution in [2.75, 3.05) is 0 Å². The van der Waals surface area contributed by atoms with Gasteiger partial charge in [-0.05, 0) is 25.5 Å². The number of rotatable bonds is 6. The molecule has 1 aromatic carbocycles. The molecule has 0 aliphatic heterocycles. The van der Waals surface area contributed by atoms with Crippen molar-refractivity contribution in [2.45, 2.75) is 38.8 Å². The number of aliphatic hydroxyl groups excluding tert-OH is 1. The minimum absolute atomic E-state index is 0.00656. The molecule has 0 fully saturated rings. The maximum absolute atomic E-state index is 10.8. The predicted octanol–water partition coefficient (Wildman–Crippen LogP) is 3.13. The average molecular weight is 331 g/mol. The summed E-state index contributed by atoms with van der Waals surface area (Å²) in [7, 11) is 0. The Morgan fingerprint density at radius 2 is 2.05 bits per heavy atom. The third kappa shape index (κ3) is 3.87. The van der Waals surface area contributed by atoms with Crippen LogP contribution < -0.4 is 0 Å². The molecule has 7 heteroatoms. The summed E-state index contributed by atoms with van der Waals surface area (Å²) in [4.78, 5) is 15.3. The zero-order valence-corrected chi connectivity index (χ0v) is 13.0. The van der Waals surface area contributed by atoms with E-state index in [1.54, 1.807) is 19.1 Å². The van der Waals surface area contributed by atoms with Crippen LogP contribution in [0, 0.1) is 0 Å². The molecule has 1 unspecified atom stereocenters. The van der Waals surface area contributed by atoms with Gasteiger partial charge >= 0.3 is 5.97 Å². The number of carboxylic acids is 1. The second kappa shape index (κ2) is 6.64. The first kappa shape index (κ1) is 16.1. The highest BCUT2D eigenvalue weighted by molar-refractivity contribution is 6.42. The van der Waals surface area contributed by atoms with Crippen molar-refractivity contribution < 1.29 is 15.0 Å². The molecule has 1 heterocycles. The Bertz CT molecular complexity index is 668. The van der Waals surface area contributed by atoms with E-state index in [-0.39, 0.29) is 6.42 Å². The first-order valence-electron chi connectivity index (χ1n) is 6.62. The van der Waals surface area contributed by atoms with E-state index in [9.17, 15) is 9.90 Å². The summed E-state index contributed by atoms with van der Waals surface area (Å²) in [6.07, 6.45) is 0.664. The van der Waals surface area contributed by atoms with E-state index in [1.807, 2.05) is 4.57 Å². The van der Waals surface area contributed by atoms with E-state index >= 15 is 0 Å². The minimum atomic E-state index is -0.876. The maximum Gasteiger partial charge on any atom is 0.305 e. The number of carboxylic acid groups (broad SMARTS) is 1. The van der Waals surface area contributed by atoms with Crippen LogP contribution in [0.5, 0.6) is 0 Å². The number of hydrogen-bond donors (Lipinski definition) is 2. The summed E-state index contributed by atoms with van der Waals surface area (Å²) in [6, 6.07) is 3.36. The Morgan fingerprint density at radius 1 is 1.38 bits per heavy atom. The number of aliphatic hydroxyl groups is 1. The van der Waals surface area contributed by atoms with E-state index in [0.29, 0.717) is 34.9 Å². The first-order valence-corrected chi connectivity index (χ1v) is 7.38. The lowest BCUT2D eigenvalue weighted by Crippen LogP contribution is -2.10. The molecular weight excluding hydrogens is 315 g/mol. The molecule has 0 spiro atoms. The molecule has 0 saturated heterocycles. The number of fused-ring (bicyclic) bond motifs is 1. The minimum Gasteiger partial charge on any atom is -0.481 e.